The summed E-state index contributed by atoms with van der Waals surface area (Å²) in [5.41, 5.74) is 1.88. The lowest BCUT2D eigenvalue weighted by Crippen LogP contribution is -2.48. The van der Waals surface area contributed by atoms with Crippen molar-refractivity contribution in [3.05, 3.63) is 24.3 Å². The lowest BCUT2D eigenvalue weighted by Gasteiger charge is -2.36. The second-order valence-corrected chi connectivity index (χ2v) is 6.16. The maximum Gasteiger partial charge on any atom is 0.224 e. The third kappa shape index (κ3) is 4.23. The Balaban J connectivity index is 2.06. The van der Waals surface area contributed by atoms with E-state index in [2.05, 4.69) is 10.2 Å². The van der Waals surface area contributed by atoms with E-state index in [-0.39, 0.29) is 11.8 Å². The molecule has 0 atom stereocenters. The van der Waals surface area contributed by atoms with Crippen molar-refractivity contribution in [3.63, 3.8) is 0 Å². The third-order valence-corrected chi connectivity index (χ3v) is 3.84. The van der Waals surface area contributed by atoms with Gasteiger partial charge in [-0.15, -0.1) is 0 Å². The van der Waals surface area contributed by atoms with Gasteiger partial charge < -0.3 is 15.1 Å². The minimum Gasteiger partial charge on any atom is -0.366 e. The molecular weight excluding hydrogens is 278 g/mol. The summed E-state index contributed by atoms with van der Waals surface area (Å²) in [7, 11) is 0. The lowest BCUT2D eigenvalue weighted by molar-refractivity contribution is -0.129. The van der Waals surface area contributed by atoms with Crippen LogP contribution < -0.4 is 10.2 Å². The molecule has 0 bridgehead atoms. The van der Waals surface area contributed by atoms with Crippen LogP contribution in [0.15, 0.2) is 24.3 Å². The van der Waals surface area contributed by atoms with Crippen LogP contribution in [0.2, 0.25) is 0 Å². The molecule has 2 amide bonds. The number of piperazine rings is 1. The number of carbonyl (C=O) groups is 2. The molecule has 2 rings (SSSR count). The molecule has 0 unspecified atom stereocenters. The smallest absolute Gasteiger partial charge is 0.224 e. The van der Waals surface area contributed by atoms with Crippen molar-refractivity contribution in [2.45, 2.75) is 27.2 Å². The van der Waals surface area contributed by atoms with Crippen molar-refractivity contribution < 1.29 is 9.59 Å². The topological polar surface area (TPSA) is 52.7 Å². The molecule has 5 heteroatoms. The Morgan fingerprint density at radius 3 is 2.36 bits per heavy atom. The first-order chi connectivity index (χ1) is 10.5. The predicted octanol–water partition coefficient (Wildman–Crippen LogP) is 2.34. The largest absolute Gasteiger partial charge is 0.366 e. The molecular formula is C17H25N3O2. The fraction of sp³-hybridized carbons (Fsp3) is 0.529. The fourth-order valence-electron chi connectivity index (χ4n) is 2.69. The highest BCUT2D eigenvalue weighted by molar-refractivity contribution is 5.94. The second kappa shape index (κ2) is 7.29. The summed E-state index contributed by atoms with van der Waals surface area (Å²) in [6.45, 7) is 8.70. The molecule has 1 N–H and O–H groups in total. The number of nitrogens with zero attached hydrogens (tertiary/aromatic N) is 2. The fourth-order valence-corrected chi connectivity index (χ4v) is 2.69. The molecule has 1 heterocycles. The van der Waals surface area contributed by atoms with Gasteiger partial charge in [-0.2, -0.15) is 0 Å². The first kappa shape index (κ1) is 16.3. The summed E-state index contributed by atoms with van der Waals surface area (Å²) in [5, 5.41) is 3.01. The van der Waals surface area contributed by atoms with E-state index < -0.39 is 0 Å². The zero-order valence-corrected chi connectivity index (χ0v) is 13.6. The molecule has 0 aromatic heterocycles. The van der Waals surface area contributed by atoms with Gasteiger partial charge in [-0.05, 0) is 18.1 Å². The highest BCUT2D eigenvalue weighted by Crippen LogP contribution is 2.27. The Bertz CT molecular complexity index is 534. The molecule has 0 aliphatic carbocycles. The highest BCUT2D eigenvalue weighted by atomic mass is 16.2. The Kier molecular flexibility index (Phi) is 5.41. The van der Waals surface area contributed by atoms with Crippen molar-refractivity contribution in [3.8, 4) is 0 Å². The van der Waals surface area contributed by atoms with Gasteiger partial charge in [-0.3, -0.25) is 9.59 Å². The number of rotatable bonds is 4. The maximum atomic E-state index is 12.0. The monoisotopic (exact) mass is 303 g/mol. The van der Waals surface area contributed by atoms with Crippen LogP contribution in [-0.4, -0.2) is 42.9 Å². The van der Waals surface area contributed by atoms with E-state index in [9.17, 15) is 9.59 Å². The van der Waals surface area contributed by atoms with E-state index in [1.807, 2.05) is 43.0 Å². The molecule has 1 aromatic rings. The van der Waals surface area contributed by atoms with Crippen molar-refractivity contribution in [2.24, 2.45) is 5.92 Å². The predicted molar refractivity (Wildman–Crippen MR) is 89.0 cm³/mol. The van der Waals surface area contributed by atoms with Gasteiger partial charge in [0.05, 0.1) is 11.4 Å². The number of amides is 2. The molecule has 1 aromatic carbocycles. The van der Waals surface area contributed by atoms with Crippen LogP contribution in [0.1, 0.15) is 27.2 Å². The summed E-state index contributed by atoms with van der Waals surface area (Å²) in [4.78, 5) is 27.5. The first-order valence-corrected chi connectivity index (χ1v) is 7.86. The molecule has 120 valence electrons. The van der Waals surface area contributed by atoms with Gasteiger partial charge in [0.2, 0.25) is 11.8 Å². The standard InChI is InChI=1S/C17H25N3O2/c1-13(2)12-17(22)18-15-6-4-5-7-16(15)20-10-8-19(9-11-20)14(3)21/h4-7,13H,8-12H2,1-3H3,(H,18,22). The quantitative estimate of drug-likeness (QED) is 0.929. The number of nitrogens with one attached hydrogen (secondary N) is 1. The number of carbonyl (C=O) groups excluding carboxylic acids is 2. The van der Waals surface area contributed by atoms with E-state index in [1.165, 1.54) is 0 Å². The van der Waals surface area contributed by atoms with Gasteiger partial charge in [-0.25, -0.2) is 0 Å². The van der Waals surface area contributed by atoms with E-state index in [1.54, 1.807) is 6.92 Å². The van der Waals surface area contributed by atoms with Gasteiger partial charge in [0, 0.05) is 39.5 Å². The number of benzene rings is 1. The van der Waals surface area contributed by atoms with Crippen LogP contribution in [-0.2, 0) is 9.59 Å². The molecule has 1 saturated heterocycles. The summed E-state index contributed by atoms with van der Waals surface area (Å²) in [5.74, 6) is 0.509. The van der Waals surface area contributed by atoms with E-state index in [0.29, 0.717) is 12.3 Å². The number of anilines is 2. The Morgan fingerprint density at radius 1 is 1.14 bits per heavy atom. The molecule has 1 aliphatic heterocycles. The third-order valence-electron chi connectivity index (χ3n) is 3.84. The van der Waals surface area contributed by atoms with Gasteiger partial charge in [0.15, 0.2) is 0 Å². The van der Waals surface area contributed by atoms with E-state index >= 15 is 0 Å². The number of hydrogen-bond acceptors (Lipinski definition) is 3. The van der Waals surface area contributed by atoms with Gasteiger partial charge in [0.25, 0.3) is 0 Å². The van der Waals surface area contributed by atoms with Crippen LogP contribution in [0.3, 0.4) is 0 Å². The Hall–Kier alpha value is -2.04. The lowest BCUT2D eigenvalue weighted by atomic mass is 10.1. The summed E-state index contributed by atoms with van der Waals surface area (Å²) in [6, 6.07) is 7.87. The van der Waals surface area contributed by atoms with Crippen LogP contribution in [0, 0.1) is 5.92 Å². The first-order valence-electron chi connectivity index (χ1n) is 7.86. The molecule has 0 spiro atoms. The molecule has 0 radical (unpaired) electrons. The van der Waals surface area contributed by atoms with Crippen LogP contribution in [0.5, 0.6) is 0 Å². The Labute approximate surface area is 132 Å². The van der Waals surface area contributed by atoms with Crippen molar-refractivity contribution in [1.82, 2.24) is 4.90 Å². The second-order valence-electron chi connectivity index (χ2n) is 6.16. The number of hydrogen-bond donors (Lipinski definition) is 1. The van der Waals surface area contributed by atoms with Gasteiger partial charge >= 0.3 is 0 Å². The van der Waals surface area contributed by atoms with Gasteiger partial charge in [0.1, 0.15) is 0 Å². The highest BCUT2D eigenvalue weighted by Gasteiger charge is 2.20. The molecule has 0 saturated carbocycles. The van der Waals surface area contributed by atoms with E-state index in [4.69, 9.17) is 0 Å². The maximum absolute atomic E-state index is 12.0. The zero-order chi connectivity index (χ0) is 16.1. The minimum absolute atomic E-state index is 0.0461. The summed E-state index contributed by atoms with van der Waals surface area (Å²) >= 11 is 0. The van der Waals surface area contributed by atoms with Crippen LogP contribution >= 0.6 is 0 Å². The average molecular weight is 303 g/mol. The zero-order valence-electron chi connectivity index (χ0n) is 13.6. The average Bonchev–Trinajstić information content (AvgIpc) is 2.47. The van der Waals surface area contributed by atoms with Crippen LogP contribution in [0.4, 0.5) is 11.4 Å². The number of para-hydroxylation sites is 2. The minimum atomic E-state index is 0.0461. The summed E-state index contributed by atoms with van der Waals surface area (Å²) in [6.07, 6.45) is 0.520. The van der Waals surface area contributed by atoms with Crippen molar-refractivity contribution in [1.29, 1.82) is 0 Å². The van der Waals surface area contributed by atoms with Crippen molar-refractivity contribution >= 4 is 23.2 Å². The summed E-state index contributed by atoms with van der Waals surface area (Å²) < 4.78 is 0. The van der Waals surface area contributed by atoms with Gasteiger partial charge in [-0.1, -0.05) is 26.0 Å². The van der Waals surface area contributed by atoms with Crippen molar-refractivity contribution in [2.75, 3.05) is 36.4 Å². The molecule has 5 nitrogen and oxygen atoms in total. The van der Waals surface area contributed by atoms with E-state index in [0.717, 1.165) is 37.6 Å². The molecule has 22 heavy (non-hydrogen) atoms. The normalized spacial score (nSPS) is 15.1. The molecule has 1 fully saturated rings. The Morgan fingerprint density at radius 2 is 1.77 bits per heavy atom. The van der Waals surface area contributed by atoms with Crippen LogP contribution in [0.25, 0.3) is 0 Å². The SMILES string of the molecule is CC(=O)N1CCN(c2ccccc2NC(=O)CC(C)C)CC1. The molecule has 1 aliphatic rings.